The van der Waals surface area contributed by atoms with E-state index < -0.39 is 5.63 Å². The Labute approximate surface area is 128 Å². The highest BCUT2D eigenvalue weighted by atomic mass is 16.4. The minimum absolute atomic E-state index is 0.0805. The van der Waals surface area contributed by atoms with Crippen LogP contribution in [0.25, 0.3) is 0 Å². The predicted octanol–water partition coefficient (Wildman–Crippen LogP) is 1.60. The summed E-state index contributed by atoms with van der Waals surface area (Å²) in [5.41, 5.74) is 1.27. The van der Waals surface area contributed by atoms with Gasteiger partial charge in [-0.25, -0.2) is 4.79 Å². The Kier molecular flexibility index (Phi) is 4.34. The molecule has 2 heterocycles. The maximum absolute atomic E-state index is 12.3. The van der Waals surface area contributed by atoms with Crippen molar-refractivity contribution in [1.82, 2.24) is 9.80 Å². The minimum Gasteiger partial charge on any atom is -0.430 e. The van der Waals surface area contributed by atoms with E-state index in [9.17, 15) is 9.59 Å². The Morgan fingerprint density at radius 2 is 1.73 bits per heavy atom. The highest BCUT2D eigenvalue weighted by molar-refractivity contribution is 5.93. The van der Waals surface area contributed by atoms with Crippen LogP contribution in [0.15, 0.2) is 57.9 Å². The summed E-state index contributed by atoms with van der Waals surface area (Å²) in [7, 11) is 0. The number of hydrogen-bond donors (Lipinski definition) is 0. The first kappa shape index (κ1) is 14.5. The summed E-state index contributed by atoms with van der Waals surface area (Å²) in [6.45, 7) is 3.97. The van der Waals surface area contributed by atoms with Crippen LogP contribution in [0.2, 0.25) is 0 Å². The van der Waals surface area contributed by atoms with Crippen molar-refractivity contribution in [2.24, 2.45) is 0 Å². The first-order chi connectivity index (χ1) is 10.7. The highest BCUT2D eigenvalue weighted by Gasteiger charge is 2.22. The van der Waals surface area contributed by atoms with Gasteiger partial charge in [-0.1, -0.05) is 30.3 Å². The molecule has 1 aromatic heterocycles. The molecule has 0 radical (unpaired) electrons. The molecule has 2 aromatic rings. The van der Waals surface area contributed by atoms with Crippen molar-refractivity contribution in [1.29, 1.82) is 0 Å². The number of carbonyl (C=O) groups excluding carboxylic acids is 1. The number of carbonyl (C=O) groups is 1. The smallest absolute Gasteiger partial charge is 0.335 e. The fraction of sp³-hybridized carbons (Fsp3) is 0.294. The Balaban J connectivity index is 1.56. The lowest BCUT2D eigenvalue weighted by molar-refractivity contribution is 0.0626. The molecule has 1 fully saturated rings. The first-order valence-electron chi connectivity index (χ1n) is 7.37. The van der Waals surface area contributed by atoms with Gasteiger partial charge in [-0.05, 0) is 11.6 Å². The standard InChI is InChI=1S/C17H18N2O3/c20-16-7-6-15(13-22-16)17(21)19-10-8-18(9-11-19)12-14-4-2-1-3-5-14/h1-7,13H,8-12H2. The van der Waals surface area contributed by atoms with Gasteiger partial charge in [0.15, 0.2) is 0 Å². The quantitative estimate of drug-likeness (QED) is 0.863. The van der Waals surface area contributed by atoms with Crippen LogP contribution in [-0.4, -0.2) is 41.9 Å². The van der Waals surface area contributed by atoms with E-state index in [0.717, 1.165) is 19.6 Å². The van der Waals surface area contributed by atoms with E-state index in [-0.39, 0.29) is 5.91 Å². The lowest BCUT2D eigenvalue weighted by Gasteiger charge is -2.34. The van der Waals surface area contributed by atoms with E-state index >= 15 is 0 Å². The number of nitrogens with zero attached hydrogens (tertiary/aromatic N) is 2. The third kappa shape index (κ3) is 3.43. The van der Waals surface area contributed by atoms with E-state index in [4.69, 9.17) is 4.42 Å². The molecule has 1 saturated heterocycles. The Bertz CT molecular complexity index is 668. The molecule has 114 valence electrons. The molecule has 0 aliphatic carbocycles. The summed E-state index contributed by atoms with van der Waals surface area (Å²) in [4.78, 5) is 27.4. The second-order valence-electron chi connectivity index (χ2n) is 5.40. The molecule has 0 bridgehead atoms. The molecule has 0 N–H and O–H groups in total. The van der Waals surface area contributed by atoms with Gasteiger partial charge in [0.05, 0.1) is 5.56 Å². The highest BCUT2D eigenvalue weighted by Crippen LogP contribution is 2.11. The number of piperazine rings is 1. The predicted molar refractivity (Wildman–Crippen MR) is 82.6 cm³/mol. The van der Waals surface area contributed by atoms with Crippen LogP contribution < -0.4 is 5.63 Å². The zero-order valence-electron chi connectivity index (χ0n) is 12.3. The van der Waals surface area contributed by atoms with E-state index in [1.54, 1.807) is 4.90 Å². The summed E-state index contributed by atoms with van der Waals surface area (Å²) in [6, 6.07) is 13.1. The average Bonchev–Trinajstić information content (AvgIpc) is 2.57. The zero-order valence-corrected chi connectivity index (χ0v) is 12.3. The molecule has 5 nitrogen and oxygen atoms in total. The SMILES string of the molecule is O=C(c1ccc(=O)oc1)N1CCN(Cc2ccccc2)CC1. The zero-order chi connectivity index (χ0) is 15.4. The second-order valence-corrected chi connectivity index (χ2v) is 5.40. The molecule has 0 unspecified atom stereocenters. The van der Waals surface area contributed by atoms with Crippen LogP contribution in [-0.2, 0) is 6.54 Å². The van der Waals surface area contributed by atoms with Gasteiger partial charge in [0, 0.05) is 38.8 Å². The summed E-state index contributed by atoms with van der Waals surface area (Å²) >= 11 is 0. The topological polar surface area (TPSA) is 53.8 Å². The van der Waals surface area contributed by atoms with Crippen molar-refractivity contribution in [3.63, 3.8) is 0 Å². The molecule has 1 aromatic carbocycles. The van der Waals surface area contributed by atoms with Crippen LogP contribution in [0, 0.1) is 0 Å². The van der Waals surface area contributed by atoms with Gasteiger partial charge < -0.3 is 9.32 Å². The molecule has 0 spiro atoms. The molecule has 1 amide bonds. The van der Waals surface area contributed by atoms with Gasteiger partial charge in [0.25, 0.3) is 5.91 Å². The van der Waals surface area contributed by atoms with Crippen molar-refractivity contribution in [3.05, 3.63) is 70.3 Å². The monoisotopic (exact) mass is 298 g/mol. The van der Waals surface area contributed by atoms with Crippen molar-refractivity contribution in [2.45, 2.75) is 6.54 Å². The van der Waals surface area contributed by atoms with Crippen molar-refractivity contribution in [3.8, 4) is 0 Å². The molecular weight excluding hydrogens is 280 g/mol. The molecule has 0 atom stereocenters. The number of rotatable bonds is 3. The minimum atomic E-state index is -0.441. The van der Waals surface area contributed by atoms with E-state index in [1.165, 1.54) is 24.0 Å². The lowest BCUT2D eigenvalue weighted by atomic mass is 10.2. The van der Waals surface area contributed by atoms with Crippen molar-refractivity contribution in [2.75, 3.05) is 26.2 Å². The fourth-order valence-corrected chi connectivity index (χ4v) is 2.61. The van der Waals surface area contributed by atoms with Gasteiger partial charge >= 0.3 is 5.63 Å². The second kappa shape index (κ2) is 6.58. The Morgan fingerprint density at radius 3 is 2.36 bits per heavy atom. The summed E-state index contributed by atoms with van der Waals surface area (Å²) in [5, 5.41) is 0. The molecule has 3 rings (SSSR count). The van der Waals surface area contributed by atoms with Gasteiger partial charge in [0.2, 0.25) is 0 Å². The van der Waals surface area contributed by atoms with E-state index in [0.29, 0.717) is 18.7 Å². The molecule has 1 aliphatic heterocycles. The van der Waals surface area contributed by atoms with Crippen molar-refractivity contribution >= 4 is 5.91 Å². The number of amides is 1. The summed E-state index contributed by atoms with van der Waals surface area (Å²) < 4.78 is 4.76. The first-order valence-corrected chi connectivity index (χ1v) is 7.37. The van der Waals surface area contributed by atoms with Gasteiger partial charge in [0.1, 0.15) is 6.26 Å². The maximum atomic E-state index is 12.3. The largest absolute Gasteiger partial charge is 0.430 e. The molecule has 0 saturated carbocycles. The molecule has 22 heavy (non-hydrogen) atoms. The summed E-state index contributed by atoms with van der Waals surface area (Å²) in [5.74, 6) is -0.0805. The summed E-state index contributed by atoms with van der Waals surface area (Å²) in [6.07, 6.45) is 1.24. The van der Waals surface area contributed by atoms with E-state index in [2.05, 4.69) is 17.0 Å². The molecular formula is C17H18N2O3. The fourth-order valence-electron chi connectivity index (χ4n) is 2.61. The number of hydrogen-bond acceptors (Lipinski definition) is 4. The van der Waals surface area contributed by atoms with E-state index in [1.807, 2.05) is 18.2 Å². The molecule has 1 aliphatic rings. The van der Waals surface area contributed by atoms with Crippen molar-refractivity contribution < 1.29 is 9.21 Å². The van der Waals surface area contributed by atoms with Crippen LogP contribution in [0.1, 0.15) is 15.9 Å². The van der Waals surface area contributed by atoms with Crippen LogP contribution >= 0.6 is 0 Å². The third-order valence-corrected chi connectivity index (χ3v) is 3.86. The normalized spacial score (nSPS) is 15.7. The maximum Gasteiger partial charge on any atom is 0.335 e. The third-order valence-electron chi connectivity index (χ3n) is 3.86. The Hall–Kier alpha value is -2.40. The van der Waals surface area contributed by atoms with Crippen LogP contribution in [0.5, 0.6) is 0 Å². The van der Waals surface area contributed by atoms with Gasteiger partial charge in [-0.15, -0.1) is 0 Å². The lowest BCUT2D eigenvalue weighted by Crippen LogP contribution is -2.48. The van der Waals surface area contributed by atoms with Crippen LogP contribution in [0.3, 0.4) is 0 Å². The molecule has 5 heteroatoms. The van der Waals surface area contributed by atoms with Gasteiger partial charge in [-0.2, -0.15) is 0 Å². The average molecular weight is 298 g/mol. The number of benzene rings is 1. The van der Waals surface area contributed by atoms with Gasteiger partial charge in [-0.3, -0.25) is 9.69 Å². The Morgan fingerprint density at radius 1 is 1.00 bits per heavy atom. The van der Waals surface area contributed by atoms with Crippen LogP contribution in [0.4, 0.5) is 0 Å².